The molecule has 0 amide bonds. The maximum atomic E-state index is 3.54. The zero-order valence-electron chi connectivity index (χ0n) is 10.8. The van der Waals surface area contributed by atoms with Gasteiger partial charge in [-0.15, -0.1) is 0 Å². The van der Waals surface area contributed by atoms with E-state index in [0.717, 1.165) is 13.0 Å². The second-order valence-corrected chi connectivity index (χ2v) is 5.55. The van der Waals surface area contributed by atoms with Crippen LogP contribution in [0.3, 0.4) is 0 Å². The van der Waals surface area contributed by atoms with Crippen molar-refractivity contribution in [2.45, 2.75) is 26.8 Å². The fourth-order valence-electron chi connectivity index (χ4n) is 2.06. The highest BCUT2D eigenvalue weighted by atomic mass is 127. The molecule has 0 saturated heterocycles. The summed E-state index contributed by atoms with van der Waals surface area (Å²) in [5.41, 5.74) is 5.37. The number of rotatable bonds is 4. The minimum Gasteiger partial charge on any atom is -0.381 e. The van der Waals surface area contributed by atoms with Crippen molar-refractivity contribution in [1.29, 1.82) is 0 Å². The summed E-state index contributed by atoms with van der Waals surface area (Å²) in [6.45, 7) is 5.26. The van der Waals surface area contributed by atoms with Gasteiger partial charge in [0.15, 0.2) is 0 Å². The predicted molar refractivity (Wildman–Crippen MR) is 87.0 cm³/mol. The van der Waals surface area contributed by atoms with Gasteiger partial charge in [0.1, 0.15) is 0 Å². The van der Waals surface area contributed by atoms with Crippen LogP contribution in [-0.4, -0.2) is 0 Å². The molecule has 0 aromatic heterocycles. The molecule has 0 spiro atoms. The van der Waals surface area contributed by atoms with Gasteiger partial charge in [0.2, 0.25) is 0 Å². The Kier molecular flexibility index (Phi) is 4.64. The van der Waals surface area contributed by atoms with E-state index in [1.165, 1.54) is 25.9 Å². The lowest BCUT2D eigenvalue weighted by Crippen LogP contribution is -2.04. The van der Waals surface area contributed by atoms with Gasteiger partial charge < -0.3 is 5.32 Å². The summed E-state index contributed by atoms with van der Waals surface area (Å²) in [4.78, 5) is 0. The van der Waals surface area contributed by atoms with Crippen LogP contribution in [0, 0.1) is 10.5 Å². The monoisotopic (exact) mass is 351 g/mol. The van der Waals surface area contributed by atoms with Crippen LogP contribution in [0.5, 0.6) is 0 Å². The van der Waals surface area contributed by atoms with E-state index >= 15 is 0 Å². The summed E-state index contributed by atoms with van der Waals surface area (Å²) in [6, 6.07) is 15.0. The van der Waals surface area contributed by atoms with Crippen LogP contribution in [0.1, 0.15) is 23.6 Å². The molecule has 94 valence electrons. The van der Waals surface area contributed by atoms with E-state index in [1.54, 1.807) is 0 Å². The first-order valence-electron chi connectivity index (χ1n) is 6.28. The Bertz CT molecular complexity index is 534. The molecule has 0 fully saturated rings. The molecule has 0 aliphatic heterocycles. The molecule has 0 aliphatic carbocycles. The molecule has 0 atom stereocenters. The Morgan fingerprint density at radius 1 is 1.00 bits per heavy atom. The molecular weight excluding hydrogens is 333 g/mol. The topological polar surface area (TPSA) is 12.0 Å². The van der Waals surface area contributed by atoms with Crippen molar-refractivity contribution in [2.24, 2.45) is 0 Å². The zero-order chi connectivity index (χ0) is 13.0. The van der Waals surface area contributed by atoms with Crippen LogP contribution in [-0.2, 0) is 13.0 Å². The summed E-state index contributed by atoms with van der Waals surface area (Å²) in [5, 5.41) is 3.54. The van der Waals surface area contributed by atoms with Crippen LogP contribution in [0.4, 0.5) is 5.69 Å². The van der Waals surface area contributed by atoms with Gasteiger partial charge in [-0.25, -0.2) is 0 Å². The maximum Gasteiger partial charge on any atom is 0.0403 e. The standard InChI is InChI=1S/C16H18IN/c1-3-13-7-4-5-8-14(13)11-18-16-10-6-9-15(17)12(16)2/h4-10,18H,3,11H2,1-2H3. The molecule has 2 rings (SSSR count). The van der Waals surface area contributed by atoms with E-state index in [2.05, 4.69) is 84.2 Å². The summed E-state index contributed by atoms with van der Waals surface area (Å²) in [5.74, 6) is 0. The van der Waals surface area contributed by atoms with Crippen molar-refractivity contribution in [3.05, 3.63) is 62.7 Å². The van der Waals surface area contributed by atoms with Gasteiger partial charge in [0.05, 0.1) is 0 Å². The average Bonchev–Trinajstić information content (AvgIpc) is 2.41. The Balaban J connectivity index is 2.14. The van der Waals surface area contributed by atoms with Gasteiger partial charge in [0, 0.05) is 15.8 Å². The minimum atomic E-state index is 0.894. The van der Waals surface area contributed by atoms with Crippen LogP contribution < -0.4 is 5.32 Å². The highest BCUT2D eigenvalue weighted by Crippen LogP contribution is 2.21. The van der Waals surface area contributed by atoms with Gasteiger partial charge >= 0.3 is 0 Å². The second-order valence-electron chi connectivity index (χ2n) is 4.39. The van der Waals surface area contributed by atoms with E-state index in [-0.39, 0.29) is 0 Å². The molecule has 0 saturated carbocycles. The summed E-state index contributed by atoms with van der Waals surface area (Å²) in [6.07, 6.45) is 1.09. The molecule has 1 nitrogen and oxygen atoms in total. The van der Waals surface area contributed by atoms with Crippen molar-refractivity contribution in [2.75, 3.05) is 5.32 Å². The Hall–Kier alpha value is -1.03. The summed E-state index contributed by atoms with van der Waals surface area (Å²) < 4.78 is 1.31. The molecule has 2 aromatic rings. The molecule has 0 aliphatic rings. The normalized spacial score (nSPS) is 10.4. The maximum absolute atomic E-state index is 3.54. The highest BCUT2D eigenvalue weighted by Gasteiger charge is 2.03. The van der Waals surface area contributed by atoms with Crippen molar-refractivity contribution in [1.82, 2.24) is 0 Å². The molecule has 2 heteroatoms. The van der Waals surface area contributed by atoms with Crippen molar-refractivity contribution in [3.63, 3.8) is 0 Å². The molecule has 2 aromatic carbocycles. The number of hydrogen-bond acceptors (Lipinski definition) is 1. The third-order valence-corrected chi connectivity index (χ3v) is 4.40. The predicted octanol–water partition coefficient (Wildman–Crippen LogP) is 4.77. The third-order valence-electron chi connectivity index (χ3n) is 3.24. The Labute approximate surface area is 123 Å². The van der Waals surface area contributed by atoms with Gasteiger partial charge in [-0.3, -0.25) is 0 Å². The summed E-state index contributed by atoms with van der Waals surface area (Å²) in [7, 11) is 0. The Morgan fingerprint density at radius 2 is 1.72 bits per heavy atom. The van der Waals surface area contributed by atoms with Crippen LogP contribution in [0.15, 0.2) is 42.5 Å². The third kappa shape index (κ3) is 3.05. The number of anilines is 1. The van der Waals surface area contributed by atoms with Crippen LogP contribution >= 0.6 is 22.6 Å². The molecular formula is C16H18IN. The van der Waals surface area contributed by atoms with E-state index in [1.807, 2.05) is 0 Å². The first-order chi connectivity index (χ1) is 8.72. The SMILES string of the molecule is CCc1ccccc1CNc1cccc(I)c1C. The molecule has 0 radical (unpaired) electrons. The fraction of sp³-hybridized carbons (Fsp3) is 0.250. The number of nitrogens with one attached hydrogen (secondary N) is 1. The number of benzene rings is 2. The number of hydrogen-bond donors (Lipinski definition) is 1. The number of aryl methyl sites for hydroxylation is 1. The van der Waals surface area contributed by atoms with Gasteiger partial charge in [0.25, 0.3) is 0 Å². The Morgan fingerprint density at radius 3 is 2.44 bits per heavy atom. The van der Waals surface area contributed by atoms with E-state index in [0.29, 0.717) is 0 Å². The first-order valence-corrected chi connectivity index (χ1v) is 7.36. The van der Waals surface area contributed by atoms with E-state index in [9.17, 15) is 0 Å². The first kappa shape index (κ1) is 13.4. The summed E-state index contributed by atoms with van der Waals surface area (Å²) >= 11 is 2.38. The average molecular weight is 351 g/mol. The lowest BCUT2D eigenvalue weighted by Gasteiger charge is -2.13. The fourth-order valence-corrected chi connectivity index (χ4v) is 2.56. The molecule has 0 bridgehead atoms. The van der Waals surface area contributed by atoms with Crippen molar-refractivity contribution >= 4 is 28.3 Å². The molecule has 0 unspecified atom stereocenters. The van der Waals surface area contributed by atoms with Gasteiger partial charge in [-0.1, -0.05) is 37.3 Å². The van der Waals surface area contributed by atoms with Crippen LogP contribution in [0.25, 0.3) is 0 Å². The highest BCUT2D eigenvalue weighted by molar-refractivity contribution is 14.1. The van der Waals surface area contributed by atoms with Gasteiger partial charge in [-0.2, -0.15) is 0 Å². The van der Waals surface area contributed by atoms with Crippen molar-refractivity contribution < 1.29 is 0 Å². The second kappa shape index (κ2) is 6.23. The molecule has 18 heavy (non-hydrogen) atoms. The quantitative estimate of drug-likeness (QED) is 0.782. The smallest absolute Gasteiger partial charge is 0.0403 e. The van der Waals surface area contributed by atoms with Crippen LogP contribution in [0.2, 0.25) is 0 Å². The molecule has 0 heterocycles. The number of halogens is 1. The minimum absolute atomic E-state index is 0.894. The van der Waals surface area contributed by atoms with E-state index in [4.69, 9.17) is 0 Å². The zero-order valence-corrected chi connectivity index (χ0v) is 13.0. The largest absolute Gasteiger partial charge is 0.381 e. The lowest BCUT2D eigenvalue weighted by atomic mass is 10.1. The molecule has 1 N–H and O–H groups in total. The van der Waals surface area contributed by atoms with Crippen molar-refractivity contribution in [3.8, 4) is 0 Å². The van der Waals surface area contributed by atoms with Gasteiger partial charge in [-0.05, 0) is 64.8 Å². The van der Waals surface area contributed by atoms with E-state index < -0.39 is 0 Å². The lowest BCUT2D eigenvalue weighted by molar-refractivity contribution is 1.04.